The fourth-order valence-corrected chi connectivity index (χ4v) is 3.99. The van der Waals surface area contributed by atoms with Crippen molar-refractivity contribution < 1.29 is 14.4 Å². The number of likely N-dealkylation sites (tertiary alicyclic amines) is 1. The standard InChI is InChI=1S/C25H28N4O3/c30-23(13-10-19-8-11-22(12-9-19)29-16-4-7-24(29)31)26-18-20-5-3-6-21(17-20)27-25(32)28-14-1-2-15-28/h3,5-6,8-13,17H,1-2,4,7,14-16,18H2,(H,26,30)(H,27,32)/b13-10+. The molecule has 2 aliphatic heterocycles. The van der Waals surface area contributed by atoms with Crippen LogP contribution in [0.25, 0.3) is 6.08 Å². The van der Waals surface area contributed by atoms with E-state index in [2.05, 4.69) is 10.6 Å². The van der Waals surface area contributed by atoms with E-state index in [1.54, 1.807) is 11.0 Å². The van der Waals surface area contributed by atoms with Crippen LogP contribution in [0.2, 0.25) is 0 Å². The molecular formula is C25H28N4O3. The molecule has 166 valence electrons. The second-order valence-electron chi connectivity index (χ2n) is 8.12. The fraction of sp³-hybridized carbons (Fsp3) is 0.320. The number of amides is 4. The van der Waals surface area contributed by atoms with Gasteiger partial charge in [-0.1, -0.05) is 24.3 Å². The Morgan fingerprint density at radius 3 is 2.47 bits per heavy atom. The molecule has 2 heterocycles. The van der Waals surface area contributed by atoms with Crippen LogP contribution in [0.4, 0.5) is 16.2 Å². The van der Waals surface area contributed by atoms with Gasteiger partial charge in [0.15, 0.2) is 0 Å². The number of rotatable bonds is 6. The van der Waals surface area contributed by atoms with Gasteiger partial charge in [-0.2, -0.15) is 0 Å². The van der Waals surface area contributed by atoms with Gasteiger partial charge in [0, 0.05) is 50.1 Å². The molecule has 2 aromatic rings. The van der Waals surface area contributed by atoms with E-state index < -0.39 is 0 Å². The van der Waals surface area contributed by atoms with Crippen molar-refractivity contribution in [3.05, 3.63) is 65.7 Å². The van der Waals surface area contributed by atoms with Gasteiger partial charge in [-0.05, 0) is 60.7 Å². The SMILES string of the molecule is O=C(/C=C/c1ccc(N2CCCC2=O)cc1)NCc1cccc(NC(=O)N2CCCC2)c1. The third-order valence-corrected chi connectivity index (χ3v) is 5.74. The Morgan fingerprint density at radius 2 is 1.75 bits per heavy atom. The maximum absolute atomic E-state index is 12.2. The highest BCUT2D eigenvalue weighted by Gasteiger charge is 2.21. The Morgan fingerprint density at radius 1 is 0.969 bits per heavy atom. The number of nitrogens with zero attached hydrogens (tertiary/aromatic N) is 2. The third kappa shape index (κ3) is 5.55. The largest absolute Gasteiger partial charge is 0.348 e. The van der Waals surface area contributed by atoms with E-state index >= 15 is 0 Å². The van der Waals surface area contributed by atoms with Crippen molar-refractivity contribution in [2.24, 2.45) is 0 Å². The molecule has 2 saturated heterocycles. The first-order valence-corrected chi connectivity index (χ1v) is 11.1. The normalized spacial score (nSPS) is 16.1. The molecule has 2 aliphatic rings. The number of urea groups is 1. The topological polar surface area (TPSA) is 81.8 Å². The molecule has 0 saturated carbocycles. The van der Waals surface area contributed by atoms with Crippen molar-refractivity contribution in [3.63, 3.8) is 0 Å². The van der Waals surface area contributed by atoms with E-state index in [1.807, 2.05) is 53.4 Å². The number of hydrogen-bond donors (Lipinski definition) is 2. The molecule has 2 N–H and O–H groups in total. The third-order valence-electron chi connectivity index (χ3n) is 5.74. The molecule has 7 nitrogen and oxygen atoms in total. The molecule has 0 aromatic heterocycles. The summed E-state index contributed by atoms with van der Waals surface area (Å²) < 4.78 is 0. The molecule has 0 atom stereocenters. The molecule has 4 amide bonds. The minimum absolute atomic E-state index is 0.0771. The van der Waals surface area contributed by atoms with E-state index in [1.165, 1.54) is 6.08 Å². The van der Waals surface area contributed by atoms with Gasteiger partial charge in [-0.25, -0.2) is 4.79 Å². The molecule has 2 aromatic carbocycles. The Balaban J connectivity index is 1.27. The van der Waals surface area contributed by atoms with Gasteiger partial charge in [-0.15, -0.1) is 0 Å². The van der Waals surface area contributed by atoms with E-state index in [0.717, 1.165) is 61.4 Å². The first-order valence-electron chi connectivity index (χ1n) is 11.1. The van der Waals surface area contributed by atoms with Crippen LogP contribution in [-0.2, 0) is 16.1 Å². The van der Waals surface area contributed by atoms with Crippen LogP contribution in [-0.4, -0.2) is 42.4 Å². The summed E-state index contributed by atoms with van der Waals surface area (Å²) in [6.07, 6.45) is 6.85. The number of carbonyl (C=O) groups excluding carboxylic acids is 3. The van der Waals surface area contributed by atoms with Crippen LogP contribution in [0.5, 0.6) is 0 Å². The van der Waals surface area contributed by atoms with Gasteiger partial charge in [-0.3, -0.25) is 9.59 Å². The summed E-state index contributed by atoms with van der Waals surface area (Å²) in [4.78, 5) is 39.9. The van der Waals surface area contributed by atoms with Crippen LogP contribution in [0.1, 0.15) is 36.8 Å². The lowest BCUT2D eigenvalue weighted by Gasteiger charge is -2.16. The first kappa shape index (κ1) is 21.6. The number of anilines is 2. The second kappa shape index (κ2) is 10.1. The van der Waals surface area contributed by atoms with E-state index in [0.29, 0.717) is 13.0 Å². The van der Waals surface area contributed by atoms with Crippen molar-refractivity contribution in [2.45, 2.75) is 32.2 Å². The van der Waals surface area contributed by atoms with Gasteiger partial charge >= 0.3 is 6.03 Å². The molecule has 2 fully saturated rings. The van der Waals surface area contributed by atoms with Crippen LogP contribution >= 0.6 is 0 Å². The van der Waals surface area contributed by atoms with Gasteiger partial charge in [0.1, 0.15) is 0 Å². The summed E-state index contributed by atoms with van der Waals surface area (Å²) in [6, 6.07) is 15.0. The van der Waals surface area contributed by atoms with Crippen LogP contribution < -0.4 is 15.5 Å². The molecule has 7 heteroatoms. The molecule has 32 heavy (non-hydrogen) atoms. The van der Waals surface area contributed by atoms with Crippen molar-refractivity contribution in [1.29, 1.82) is 0 Å². The minimum Gasteiger partial charge on any atom is -0.348 e. The second-order valence-corrected chi connectivity index (χ2v) is 8.12. The number of nitrogens with one attached hydrogen (secondary N) is 2. The van der Waals surface area contributed by atoms with Gasteiger partial charge in [0.25, 0.3) is 0 Å². The highest BCUT2D eigenvalue weighted by Crippen LogP contribution is 2.22. The minimum atomic E-state index is -0.199. The zero-order valence-electron chi connectivity index (χ0n) is 18.0. The highest BCUT2D eigenvalue weighted by molar-refractivity contribution is 5.95. The van der Waals surface area contributed by atoms with Crippen LogP contribution in [0, 0.1) is 0 Å². The molecule has 0 unspecified atom stereocenters. The van der Waals surface area contributed by atoms with Crippen LogP contribution in [0.3, 0.4) is 0 Å². The molecule has 0 aliphatic carbocycles. The summed E-state index contributed by atoms with van der Waals surface area (Å²) in [5.74, 6) is -0.0392. The number of carbonyl (C=O) groups is 3. The number of benzene rings is 2. The molecule has 0 radical (unpaired) electrons. The summed E-state index contributed by atoms with van der Waals surface area (Å²) >= 11 is 0. The van der Waals surface area contributed by atoms with Crippen molar-refractivity contribution in [1.82, 2.24) is 10.2 Å². The number of hydrogen-bond acceptors (Lipinski definition) is 3. The average molecular weight is 433 g/mol. The Bertz CT molecular complexity index is 1010. The molecule has 0 bridgehead atoms. The predicted octanol–water partition coefficient (Wildman–Crippen LogP) is 3.77. The lowest BCUT2D eigenvalue weighted by atomic mass is 10.1. The van der Waals surface area contributed by atoms with Gasteiger partial charge in [0.05, 0.1) is 0 Å². The maximum Gasteiger partial charge on any atom is 0.321 e. The zero-order valence-corrected chi connectivity index (χ0v) is 18.0. The smallest absolute Gasteiger partial charge is 0.321 e. The lowest BCUT2D eigenvalue weighted by Crippen LogP contribution is -2.32. The molecule has 4 rings (SSSR count). The van der Waals surface area contributed by atoms with E-state index in [-0.39, 0.29) is 17.8 Å². The predicted molar refractivity (Wildman–Crippen MR) is 125 cm³/mol. The first-order chi connectivity index (χ1) is 15.6. The molecule has 0 spiro atoms. The van der Waals surface area contributed by atoms with Crippen molar-refractivity contribution in [2.75, 3.05) is 29.9 Å². The monoisotopic (exact) mass is 432 g/mol. The summed E-state index contributed by atoms with van der Waals surface area (Å²) in [7, 11) is 0. The fourth-order valence-electron chi connectivity index (χ4n) is 3.99. The summed E-state index contributed by atoms with van der Waals surface area (Å²) in [5.41, 5.74) is 3.42. The highest BCUT2D eigenvalue weighted by atomic mass is 16.2. The van der Waals surface area contributed by atoms with Crippen molar-refractivity contribution in [3.8, 4) is 0 Å². The van der Waals surface area contributed by atoms with Crippen molar-refractivity contribution >= 4 is 35.3 Å². The Labute approximate surface area is 188 Å². The Kier molecular flexibility index (Phi) is 6.84. The zero-order chi connectivity index (χ0) is 22.3. The average Bonchev–Trinajstić information content (AvgIpc) is 3.49. The van der Waals surface area contributed by atoms with Crippen LogP contribution in [0.15, 0.2) is 54.6 Å². The van der Waals surface area contributed by atoms with Gasteiger partial charge < -0.3 is 20.4 Å². The Hall–Kier alpha value is -3.61. The molecular weight excluding hydrogens is 404 g/mol. The van der Waals surface area contributed by atoms with E-state index in [4.69, 9.17) is 0 Å². The van der Waals surface area contributed by atoms with E-state index in [9.17, 15) is 14.4 Å². The quantitative estimate of drug-likeness (QED) is 0.682. The summed E-state index contributed by atoms with van der Waals surface area (Å²) in [6.45, 7) is 2.73. The maximum atomic E-state index is 12.2. The summed E-state index contributed by atoms with van der Waals surface area (Å²) in [5, 5.41) is 5.79. The van der Waals surface area contributed by atoms with Gasteiger partial charge in [0.2, 0.25) is 11.8 Å². The lowest BCUT2D eigenvalue weighted by molar-refractivity contribution is -0.117.